The van der Waals surface area contributed by atoms with E-state index in [-0.39, 0.29) is 23.1 Å². The molecule has 1 amide bonds. The van der Waals surface area contributed by atoms with E-state index in [0.717, 1.165) is 9.48 Å². The summed E-state index contributed by atoms with van der Waals surface area (Å²) >= 11 is 4.60. The van der Waals surface area contributed by atoms with E-state index >= 15 is 0 Å². The third-order valence-electron chi connectivity index (χ3n) is 4.19. The number of nitrogens with zero attached hydrogens (tertiary/aromatic N) is 2. The van der Waals surface area contributed by atoms with E-state index in [4.69, 9.17) is 0 Å². The molecule has 0 fully saturated rings. The van der Waals surface area contributed by atoms with Crippen molar-refractivity contribution in [2.75, 3.05) is 5.32 Å². The van der Waals surface area contributed by atoms with Crippen LogP contribution in [0, 0.1) is 0 Å². The SMILES string of the molecule is CC(C)c1nnc(NC(=O)CC(NS(=O)(=O)c2ccc(Br)cc2)c2ccccc2)s1. The van der Waals surface area contributed by atoms with Gasteiger partial charge >= 0.3 is 0 Å². The van der Waals surface area contributed by atoms with Crippen LogP contribution in [0.15, 0.2) is 64.0 Å². The number of hydrogen-bond donors (Lipinski definition) is 2. The third kappa shape index (κ3) is 5.94. The largest absolute Gasteiger partial charge is 0.300 e. The predicted octanol–water partition coefficient (Wildman–Crippen LogP) is 4.47. The Morgan fingerprint density at radius 3 is 2.33 bits per heavy atom. The van der Waals surface area contributed by atoms with E-state index in [1.165, 1.54) is 23.5 Å². The lowest BCUT2D eigenvalue weighted by atomic mass is 10.0. The first-order chi connectivity index (χ1) is 14.2. The van der Waals surface area contributed by atoms with Gasteiger partial charge in [0.15, 0.2) is 0 Å². The van der Waals surface area contributed by atoms with E-state index in [1.807, 2.05) is 19.9 Å². The highest BCUT2D eigenvalue weighted by Gasteiger charge is 2.24. The van der Waals surface area contributed by atoms with Crippen LogP contribution >= 0.6 is 27.3 Å². The minimum absolute atomic E-state index is 0.0869. The van der Waals surface area contributed by atoms with E-state index in [2.05, 4.69) is 36.2 Å². The topological polar surface area (TPSA) is 101 Å². The van der Waals surface area contributed by atoms with Crippen molar-refractivity contribution in [1.29, 1.82) is 0 Å². The summed E-state index contributed by atoms with van der Waals surface area (Å²) < 4.78 is 29.2. The van der Waals surface area contributed by atoms with Gasteiger partial charge in [-0.15, -0.1) is 10.2 Å². The number of nitrogens with one attached hydrogen (secondary N) is 2. The van der Waals surface area contributed by atoms with E-state index < -0.39 is 16.1 Å². The van der Waals surface area contributed by atoms with Crippen molar-refractivity contribution < 1.29 is 13.2 Å². The van der Waals surface area contributed by atoms with Crippen LogP contribution in [0.4, 0.5) is 5.13 Å². The minimum atomic E-state index is -3.83. The minimum Gasteiger partial charge on any atom is -0.300 e. The van der Waals surface area contributed by atoms with Crippen molar-refractivity contribution in [2.24, 2.45) is 0 Å². The Bertz CT molecular complexity index is 1100. The summed E-state index contributed by atoms with van der Waals surface area (Å²) in [6, 6.07) is 14.6. The highest BCUT2D eigenvalue weighted by Crippen LogP contribution is 2.25. The molecule has 158 valence electrons. The fourth-order valence-corrected chi connectivity index (χ4v) is 4.91. The zero-order valence-corrected chi connectivity index (χ0v) is 19.6. The normalized spacial score (nSPS) is 12.7. The molecule has 0 bridgehead atoms. The highest BCUT2D eigenvalue weighted by atomic mass is 79.9. The van der Waals surface area contributed by atoms with Crippen LogP contribution in [0.2, 0.25) is 0 Å². The number of rotatable bonds is 8. The Balaban J connectivity index is 1.79. The Labute approximate surface area is 188 Å². The molecule has 3 rings (SSSR count). The van der Waals surface area contributed by atoms with Crippen molar-refractivity contribution in [3.05, 3.63) is 69.6 Å². The fraction of sp³-hybridized carbons (Fsp3) is 0.250. The van der Waals surface area contributed by atoms with Gasteiger partial charge in [-0.05, 0) is 29.8 Å². The summed E-state index contributed by atoms with van der Waals surface area (Å²) in [7, 11) is -3.83. The molecule has 30 heavy (non-hydrogen) atoms. The molecule has 0 saturated carbocycles. The molecular formula is C20H21BrN4O3S2. The Morgan fingerprint density at radius 1 is 1.07 bits per heavy atom. The first kappa shape index (κ1) is 22.5. The fourth-order valence-electron chi connectivity index (χ4n) is 2.66. The number of carbonyl (C=O) groups is 1. The number of carbonyl (C=O) groups excluding carboxylic acids is 1. The molecule has 0 saturated heterocycles. The molecule has 1 atom stereocenters. The Morgan fingerprint density at radius 2 is 1.73 bits per heavy atom. The lowest BCUT2D eigenvalue weighted by Crippen LogP contribution is -2.31. The van der Waals surface area contributed by atoms with Gasteiger partial charge in [0, 0.05) is 16.8 Å². The molecule has 2 aromatic carbocycles. The maximum atomic E-state index is 12.9. The smallest absolute Gasteiger partial charge is 0.241 e. The van der Waals surface area contributed by atoms with Crippen molar-refractivity contribution >= 4 is 48.3 Å². The van der Waals surface area contributed by atoms with E-state index in [9.17, 15) is 13.2 Å². The summed E-state index contributed by atoms with van der Waals surface area (Å²) in [5.74, 6) is -0.142. The second-order valence-electron chi connectivity index (χ2n) is 6.89. The summed E-state index contributed by atoms with van der Waals surface area (Å²) in [4.78, 5) is 12.8. The molecule has 1 aromatic heterocycles. The monoisotopic (exact) mass is 508 g/mol. The molecule has 0 spiro atoms. The second kappa shape index (κ2) is 9.78. The van der Waals surface area contributed by atoms with Gasteiger partial charge in [0.25, 0.3) is 0 Å². The maximum absolute atomic E-state index is 12.9. The number of aromatic nitrogens is 2. The van der Waals surface area contributed by atoms with Gasteiger partial charge in [0.1, 0.15) is 5.01 Å². The van der Waals surface area contributed by atoms with Gasteiger partial charge in [-0.3, -0.25) is 4.79 Å². The third-order valence-corrected chi connectivity index (χ3v) is 7.35. The lowest BCUT2D eigenvalue weighted by Gasteiger charge is -2.19. The number of sulfonamides is 1. The zero-order chi connectivity index (χ0) is 21.7. The molecule has 7 nitrogen and oxygen atoms in total. The zero-order valence-electron chi connectivity index (χ0n) is 16.4. The Hall–Kier alpha value is -2.14. The molecular weight excluding hydrogens is 488 g/mol. The van der Waals surface area contributed by atoms with Crippen molar-refractivity contribution in [1.82, 2.24) is 14.9 Å². The summed E-state index contributed by atoms with van der Waals surface area (Å²) in [5.41, 5.74) is 0.688. The molecule has 2 N–H and O–H groups in total. The average molecular weight is 509 g/mol. The quantitative estimate of drug-likeness (QED) is 0.467. The van der Waals surface area contributed by atoms with Gasteiger partial charge in [0.2, 0.25) is 21.1 Å². The number of benzene rings is 2. The van der Waals surface area contributed by atoms with Gasteiger partial charge in [-0.1, -0.05) is 71.4 Å². The summed E-state index contributed by atoms with van der Waals surface area (Å²) in [5, 5.41) is 12.0. The van der Waals surface area contributed by atoms with Gasteiger partial charge in [-0.25, -0.2) is 13.1 Å². The molecule has 0 aliphatic rings. The van der Waals surface area contributed by atoms with Crippen LogP contribution in [-0.4, -0.2) is 24.5 Å². The second-order valence-corrected chi connectivity index (χ2v) is 10.5. The molecule has 1 unspecified atom stereocenters. The first-order valence-electron chi connectivity index (χ1n) is 9.20. The van der Waals surface area contributed by atoms with Crippen molar-refractivity contribution in [3.8, 4) is 0 Å². The summed E-state index contributed by atoms with van der Waals surface area (Å²) in [6.45, 7) is 3.99. The Kier molecular flexibility index (Phi) is 7.35. The predicted molar refractivity (Wildman–Crippen MR) is 121 cm³/mol. The number of anilines is 1. The standard InChI is InChI=1S/C20H21BrN4O3S2/c1-13(2)19-23-24-20(29-19)22-18(26)12-17(14-6-4-3-5-7-14)25-30(27,28)16-10-8-15(21)9-11-16/h3-11,13,17,25H,12H2,1-2H3,(H,22,24,26). The van der Waals surface area contributed by atoms with Crippen LogP contribution in [0.5, 0.6) is 0 Å². The average Bonchev–Trinajstić information content (AvgIpc) is 3.17. The van der Waals surface area contributed by atoms with Gasteiger partial charge < -0.3 is 5.32 Å². The molecule has 0 aliphatic carbocycles. The molecule has 0 radical (unpaired) electrons. The van der Waals surface area contributed by atoms with Crippen molar-refractivity contribution in [3.63, 3.8) is 0 Å². The van der Waals surface area contributed by atoms with Crippen LogP contribution < -0.4 is 10.0 Å². The van der Waals surface area contributed by atoms with Crippen LogP contribution in [0.3, 0.4) is 0 Å². The number of hydrogen-bond acceptors (Lipinski definition) is 6. The summed E-state index contributed by atoms with van der Waals surface area (Å²) in [6.07, 6.45) is -0.0869. The van der Waals surface area contributed by atoms with E-state index in [0.29, 0.717) is 10.7 Å². The maximum Gasteiger partial charge on any atom is 0.241 e. The van der Waals surface area contributed by atoms with Gasteiger partial charge in [0.05, 0.1) is 10.9 Å². The molecule has 1 heterocycles. The van der Waals surface area contributed by atoms with Crippen LogP contribution in [0.25, 0.3) is 0 Å². The van der Waals surface area contributed by atoms with Gasteiger partial charge in [-0.2, -0.15) is 0 Å². The van der Waals surface area contributed by atoms with Crippen LogP contribution in [0.1, 0.15) is 42.8 Å². The molecule has 0 aliphatic heterocycles. The number of amides is 1. The van der Waals surface area contributed by atoms with Crippen LogP contribution in [-0.2, 0) is 14.8 Å². The molecule has 10 heteroatoms. The van der Waals surface area contributed by atoms with E-state index in [1.54, 1.807) is 36.4 Å². The molecule has 3 aromatic rings. The first-order valence-corrected chi connectivity index (χ1v) is 12.3. The highest BCUT2D eigenvalue weighted by molar-refractivity contribution is 9.10. The van der Waals surface area contributed by atoms with Crippen molar-refractivity contribution in [2.45, 2.75) is 37.1 Å². The number of halogens is 1. The lowest BCUT2D eigenvalue weighted by molar-refractivity contribution is -0.116.